The molecule has 0 radical (unpaired) electrons. The molecule has 0 saturated carbocycles. The fourth-order valence-corrected chi connectivity index (χ4v) is 4.51. The minimum Gasteiger partial charge on any atom is -0.669 e. The molecule has 1 amide bonds. The van der Waals surface area contributed by atoms with Gasteiger partial charge in [-0.05, 0) is 29.6 Å². The Hall–Kier alpha value is -1.95. The lowest BCUT2D eigenvalue weighted by Gasteiger charge is -2.43. The van der Waals surface area contributed by atoms with Gasteiger partial charge in [0, 0.05) is 19.1 Å². The van der Waals surface area contributed by atoms with Gasteiger partial charge in [-0.15, -0.1) is 0 Å². The van der Waals surface area contributed by atoms with Crippen LogP contribution in [0.4, 0.5) is 0 Å². The maximum Gasteiger partial charge on any atom is 0.443 e. The van der Waals surface area contributed by atoms with E-state index in [0.29, 0.717) is 18.7 Å². The Bertz CT molecular complexity index is 761. The van der Waals surface area contributed by atoms with Crippen LogP contribution in [0, 0.1) is 0 Å². The highest BCUT2D eigenvalue weighted by Crippen LogP contribution is 2.40. The van der Waals surface area contributed by atoms with Gasteiger partial charge in [0.15, 0.2) is 0 Å². The number of amides is 1. The molecule has 2 heterocycles. The van der Waals surface area contributed by atoms with Crippen LogP contribution >= 0.6 is 11.8 Å². The third kappa shape index (κ3) is 4.00. The minimum absolute atomic E-state index is 0.0211. The van der Waals surface area contributed by atoms with Crippen molar-refractivity contribution in [3.63, 3.8) is 0 Å². The molecule has 0 bridgehead atoms. The Kier molecular flexibility index (Phi) is 5.56. The number of benzene rings is 1. The number of hydrogen-bond acceptors (Lipinski definition) is 8. The van der Waals surface area contributed by atoms with Crippen molar-refractivity contribution in [2.24, 2.45) is 5.73 Å². The van der Waals surface area contributed by atoms with E-state index in [0.717, 1.165) is 18.2 Å². The molecule has 5 N–H and O–H groups in total. The molecule has 27 heavy (non-hydrogen) atoms. The zero-order valence-electron chi connectivity index (χ0n) is 14.8. The number of thioether (sulfide) groups is 1. The lowest BCUT2D eigenvalue weighted by atomic mass is 9.69. The highest BCUT2D eigenvalue weighted by molar-refractivity contribution is 8.02. The van der Waals surface area contributed by atoms with Gasteiger partial charge in [-0.25, -0.2) is 4.79 Å². The Morgan fingerprint density at radius 2 is 2.19 bits per heavy atom. The number of carboxylic acid groups (broad SMARTS) is 1. The van der Waals surface area contributed by atoms with Gasteiger partial charge >= 0.3 is 12.7 Å². The molecule has 1 saturated heterocycles. The van der Waals surface area contributed by atoms with Gasteiger partial charge in [-0.3, -0.25) is 4.79 Å². The molecule has 148 valence electrons. The van der Waals surface area contributed by atoms with Gasteiger partial charge < -0.3 is 35.2 Å². The molecule has 11 heteroatoms. The van der Waals surface area contributed by atoms with Crippen molar-refractivity contribution in [1.82, 2.24) is 4.90 Å². The third-order valence-corrected chi connectivity index (χ3v) is 6.19. The summed E-state index contributed by atoms with van der Waals surface area (Å²) in [4.78, 5) is 25.5. The van der Waals surface area contributed by atoms with Crippen LogP contribution in [-0.2, 0) is 11.2 Å². The molecule has 2 aliphatic rings. The molecule has 2 aliphatic heterocycles. The second-order valence-electron chi connectivity index (χ2n) is 6.76. The zero-order valence-corrected chi connectivity index (χ0v) is 15.6. The van der Waals surface area contributed by atoms with Crippen molar-refractivity contribution in [1.29, 1.82) is 0 Å². The summed E-state index contributed by atoms with van der Waals surface area (Å²) in [5.74, 6) is -1.39. The molecule has 0 spiro atoms. The van der Waals surface area contributed by atoms with E-state index in [4.69, 9.17) is 15.1 Å². The fraction of sp³-hybridized carbons (Fsp3) is 0.500. The quantitative estimate of drug-likeness (QED) is 0.482. The molecule has 0 aromatic heterocycles. The van der Waals surface area contributed by atoms with Crippen LogP contribution in [-0.4, -0.2) is 75.8 Å². The van der Waals surface area contributed by atoms with Crippen molar-refractivity contribution in [3.05, 3.63) is 23.3 Å². The summed E-state index contributed by atoms with van der Waals surface area (Å²) in [5, 5.41) is 29.4. The number of carbonyl (C=O) groups is 2. The first-order valence-electron chi connectivity index (χ1n) is 8.59. The van der Waals surface area contributed by atoms with Gasteiger partial charge in [0.25, 0.3) is 0 Å². The number of rotatable bonds is 5. The molecule has 2 atom stereocenters. The number of carboxylic acids is 1. The summed E-state index contributed by atoms with van der Waals surface area (Å²) < 4.78 is 10.3. The van der Waals surface area contributed by atoms with E-state index >= 15 is 0 Å². The van der Waals surface area contributed by atoms with Crippen molar-refractivity contribution in [2.45, 2.75) is 24.0 Å². The molecular weight excluding hydrogens is 375 g/mol. The first-order chi connectivity index (χ1) is 12.7. The number of likely N-dealkylation sites (tertiary alicyclic amines) is 1. The normalized spacial score (nSPS) is 23.5. The second-order valence-corrected chi connectivity index (χ2v) is 7.98. The van der Waals surface area contributed by atoms with Gasteiger partial charge in [0.2, 0.25) is 5.91 Å². The number of ether oxygens (including phenoxy) is 1. The topological polar surface area (TPSA) is 143 Å². The fourth-order valence-electron chi connectivity index (χ4n) is 3.36. The Morgan fingerprint density at radius 3 is 2.78 bits per heavy atom. The smallest absolute Gasteiger partial charge is 0.443 e. The van der Waals surface area contributed by atoms with Crippen LogP contribution in [0.2, 0.25) is 0 Å². The van der Waals surface area contributed by atoms with Gasteiger partial charge in [-0.1, -0.05) is 6.07 Å². The number of nitrogens with two attached hydrogens (primary N) is 1. The van der Waals surface area contributed by atoms with E-state index < -0.39 is 17.9 Å². The highest BCUT2D eigenvalue weighted by atomic mass is 32.2. The Balaban J connectivity index is 1.76. The van der Waals surface area contributed by atoms with Crippen LogP contribution in [0.3, 0.4) is 0 Å². The van der Waals surface area contributed by atoms with E-state index in [1.54, 1.807) is 11.0 Å². The maximum atomic E-state index is 12.3. The standard InChI is InChI=1S/C16H22BN2O7S/c1-25-11-3-2-9-6-12(17(23,24)26-15(9)14(11)16(21)22)27-8-13(20)19-5-4-10(18)7-19/h2-3,10,12,23-24H,4-8,18H2,1H3,(H,21,22)/q-1/t10?,12-/m0/s1. The van der Waals surface area contributed by atoms with Crippen LogP contribution in [0.25, 0.3) is 0 Å². The number of nitrogens with zero attached hydrogens (tertiary/aromatic N) is 1. The predicted octanol–water partition coefficient (Wildman–Crippen LogP) is -0.548. The second kappa shape index (κ2) is 7.59. The van der Waals surface area contributed by atoms with Crippen molar-refractivity contribution in [3.8, 4) is 11.5 Å². The van der Waals surface area contributed by atoms with Crippen molar-refractivity contribution in [2.75, 3.05) is 26.0 Å². The number of methoxy groups -OCH3 is 1. The number of fused-ring (bicyclic) bond motifs is 1. The third-order valence-electron chi connectivity index (χ3n) is 4.83. The van der Waals surface area contributed by atoms with E-state index in [1.165, 1.54) is 13.2 Å². The van der Waals surface area contributed by atoms with E-state index in [-0.39, 0.29) is 41.2 Å². The summed E-state index contributed by atoms with van der Waals surface area (Å²) in [6.07, 6.45) is 0.911. The average molecular weight is 397 g/mol. The lowest BCUT2D eigenvalue weighted by molar-refractivity contribution is -0.127. The number of hydrogen-bond donors (Lipinski definition) is 4. The lowest BCUT2D eigenvalue weighted by Crippen LogP contribution is -2.56. The Labute approximate surface area is 160 Å². The molecular formula is C16H22BN2O7S-. The van der Waals surface area contributed by atoms with E-state index in [9.17, 15) is 24.7 Å². The average Bonchev–Trinajstić information content (AvgIpc) is 3.04. The largest absolute Gasteiger partial charge is 0.669 e. The monoisotopic (exact) mass is 397 g/mol. The summed E-state index contributed by atoms with van der Waals surface area (Å²) in [6, 6.07) is 3.10. The van der Waals surface area contributed by atoms with Crippen LogP contribution in [0.5, 0.6) is 11.5 Å². The van der Waals surface area contributed by atoms with Crippen molar-refractivity contribution < 1.29 is 34.1 Å². The Morgan fingerprint density at radius 1 is 1.44 bits per heavy atom. The number of carbonyl (C=O) groups excluding carboxylic acids is 1. The first kappa shape index (κ1) is 19.8. The highest BCUT2D eigenvalue weighted by Gasteiger charge is 2.41. The van der Waals surface area contributed by atoms with Crippen molar-refractivity contribution >= 4 is 30.4 Å². The predicted molar refractivity (Wildman–Crippen MR) is 99.9 cm³/mol. The van der Waals surface area contributed by atoms with Crippen LogP contribution in [0.15, 0.2) is 12.1 Å². The summed E-state index contributed by atoms with van der Waals surface area (Å²) in [7, 11) is 1.32. The summed E-state index contributed by atoms with van der Waals surface area (Å²) in [6.45, 7) is -2.26. The van der Waals surface area contributed by atoms with Crippen LogP contribution < -0.4 is 15.1 Å². The molecule has 1 aromatic carbocycles. The minimum atomic E-state index is -3.35. The first-order valence-corrected chi connectivity index (χ1v) is 9.64. The van der Waals surface area contributed by atoms with Gasteiger partial charge in [0.05, 0.1) is 18.6 Å². The SMILES string of the molecule is COc1ccc2c(c1C(=O)O)O[B-](O)(O)[C@@H](SCC(=O)N1CCC(N)C1)C2. The van der Waals surface area contributed by atoms with Crippen LogP contribution in [0.1, 0.15) is 22.3 Å². The zero-order chi connectivity index (χ0) is 19.8. The summed E-state index contributed by atoms with van der Waals surface area (Å²) in [5.41, 5.74) is 6.07. The summed E-state index contributed by atoms with van der Waals surface area (Å²) >= 11 is 1.08. The molecule has 1 fully saturated rings. The maximum absolute atomic E-state index is 12.3. The molecule has 1 unspecified atom stereocenters. The van der Waals surface area contributed by atoms with Gasteiger partial charge in [0.1, 0.15) is 11.3 Å². The molecule has 9 nitrogen and oxygen atoms in total. The van der Waals surface area contributed by atoms with Gasteiger partial charge in [-0.2, -0.15) is 11.8 Å². The van der Waals surface area contributed by atoms with E-state index in [1.807, 2.05) is 0 Å². The molecule has 0 aliphatic carbocycles. The number of aromatic carboxylic acids is 1. The molecule has 1 aromatic rings. The molecule has 3 rings (SSSR count). The van der Waals surface area contributed by atoms with E-state index in [2.05, 4.69) is 0 Å².